The fraction of sp³-hybridized carbons (Fsp3) is 0.759. The van der Waals surface area contributed by atoms with Gasteiger partial charge in [-0.25, -0.2) is 4.57 Å². The summed E-state index contributed by atoms with van der Waals surface area (Å²) in [5.41, 5.74) is 0. The molecule has 0 aromatic rings. The van der Waals surface area contributed by atoms with Crippen molar-refractivity contribution < 1.29 is 47.8 Å². The van der Waals surface area contributed by atoms with Crippen LogP contribution in [-0.2, 0) is 32.9 Å². The Hall–Kier alpha value is -1.84. The third-order valence-electron chi connectivity index (χ3n) is 6.09. The maximum atomic E-state index is 12.1. The molecule has 10 nitrogen and oxygen atoms in total. The summed E-state index contributed by atoms with van der Waals surface area (Å²) < 4.78 is 25.7. The van der Waals surface area contributed by atoms with Gasteiger partial charge in [-0.05, 0) is 51.0 Å². The van der Waals surface area contributed by atoms with Gasteiger partial charge in [-0.15, -0.1) is 0 Å². The molecule has 0 bridgehead atoms. The molecule has 0 spiro atoms. The highest BCUT2D eigenvalue weighted by molar-refractivity contribution is 7.46. The van der Waals surface area contributed by atoms with Crippen molar-refractivity contribution >= 4 is 26.0 Å². The van der Waals surface area contributed by atoms with Crippen molar-refractivity contribution in [1.29, 1.82) is 0 Å². The average molecular weight is 591 g/mol. The molecule has 11 heteroatoms. The summed E-state index contributed by atoms with van der Waals surface area (Å²) in [6.07, 6.45) is 21.0. The summed E-state index contributed by atoms with van der Waals surface area (Å²) in [6, 6.07) is 0. The number of phosphoric acid groups is 1. The van der Waals surface area contributed by atoms with Gasteiger partial charge in [0, 0.05) is 12.8 Å². The number of rotatable bonds is 27. The number of esters is 2. The predicted molar refractivity (Wildman–Crippen MR) is 153 cm³/mol. The van der Waals surface area contributed by atoms with Crippen LogP contribution in [0.5, 0.6) is 0 Å². The van der Waals surface area contributed by atoms with Crippen LogP contribution in [0.2, 0.25) is 0 Å². The van der Waals surface area contributed by atoms with Crippen molar-refractivity contribution in [2.45, 2.75) is 128 Å². The van der Waals surface area contributed by atoms with Gasteiger partial charge in [0.25, 0.3) is 0 Å². The summed E-state index contributed by atoms with van der Waals surface area (Å²) >= 11 is 0. The molecule has 1 unspecified atom stereocenters. The van der Waals surface area contributed by atoms with Crippen molar-refractivity contribution in [3.63, 3.8) is 0 Å². The van der Waals surface area contributed by atoms with Crippen LogP contribution >= 0.6 is 7.82 Å². The predicted octanol–water partition coefficient (Wildman–Crippen LogP) is 5.87. The Bertz CT molecular complexity index is 762. The Labute approximate surface area is 239 Å². The minimum absolute atomic E-state index is 0.0821. The molecule has 232 valence electrons. The third kappa shape index (κ3) is 27.7. The molecular weight excluding hydrogens is 539 g/mol. The molecule has 0 rings (SSSR count). The molecule has 2 atom stereocenters. The van der Waals surface area contributed by atoms with Crippen molar-refractivity contribution in [2.24, 2.45) is 0 Å². The van der Waals surface area contributed by atoms with Crippen LogP contribution in [0.1, 0.15) is 116 Å². The first-order chi connectivity index (χ1) is 19.2. The number of allylic oxidation sites excluding steroid dienone is 3. The molecule has 0 aromatic carbocycles. The van der Waals surface area contributed by atoms with E-state index in [4.69, 9.17) is 19.3 Å². The first-order valence-electron chi connectivity index (χ1n) is 14.7. The Morgan fingerprint density at radius 1 is 0.800 bits per heavy atom. The van der Waals surface area contributed by atoms with Crippen molar-refractivity contribution in [1.82, 2.24) is 0 Å². The number of unbranched alkanes of at least 4 members (excludes halogenated alkanes) is 11. The van der Waals surface area contributed by atoms with E-state index in [0.717, 1.165) is 44.6 Å². The topological polar surface area (TPSA) is 157 Å². The van der Waals surface area contributed by atoms with E-state index in [9.17, 15) is 24.1 Å². The fourth-order valence-corrected chi connectivity index (χ4v) is 4.23. The van der Waals surface area contributed by atoms with E-state index in [1.54, 1.807) is 0 Å². The molecule has 3 N–H and O–H groups in total. The van der Waals surface area contributed by atoms with Crippen molar-refractivity contribution in [3.8, 4) is 0 Å². The van der Waals surface area contributed by atoms with Gasteiger partial charge in [0.2, 0.25) is 0 Å². The number of hydrogen-bond donors (Lipinski definition) is 3. The Morgan fingerprint density at radius 2 is 1.38 bits per heavy atom. The molecule has 0 aliphatic heterocycles. The second kappa shape index (κ2) is 26.1. The third-order valence-corrected chi connectivity index (χ3v) is 6.58. The zero-order valence-corrected chi connectivity index (χ0v) is 25.0. The average Bonchev–Trinajstić information content (AvgIpc) is 2.90. The van der Waals surface area contributed by atoms with E-state index >= 15 is 0 Å². The molecule has 0 fully saturated rings. The van der Waals surface area contributed by atoms with Crippen LogP contribution in [0.3, 0.4) is 0 Å². The monoisotopic (exact) mass is 590 g/mol. The number of phosphoric ester groups is 1. The number of hydrogen-bond acceptors (Lipinski definition) is 8. The van der Waals surface area contributed by atoms with E-state index in [0.29, 0.717) is 12.7 Å². The number of aliphatic hydroxyl groups is 1. The number of carbonyl (C=O) groups is 3. The highest BCUT2D eigenvalue weighted by Gasteiger charge is 2.23. The van der Waals surface area contributed by atoms with Crippen LogP contribution in [0.4, 0.5) is 0 Å². The molecule has 0 aliphatic carbocycles. The van der Waals surface area contributed by atoms with Gasteiger partial charge >= 0.3 is 19.8 Å². The first kappa shape index (κ1) is 38.2. The molecule has 0 aliphatic rings. The summed E-state index contributed by atoms with van der Waals surface area (Å²) in [5, 5.41) is 9.63. The Morgan fingerprint density at radius 3 is 1.98 bits per heavy atom. The second-order valence-electron chi connectivity index (χ2n) is 9.90. The second-order valence-corrected chi connectivity index (χ2v) is 11.1. The highest BCUT2D eigenvalue weighted by atomic mass is 31.2. The smallest absolute Gasteiger partial charge is 0.462 e. The van der Waals surface area contributed by atoms with E-state index in [1.165, 1.54) is 44.6 Å². The van der Waals surface area contributed by atoms with Crippen LogP contribution in [0, 0.1) is 0 Å². The summed E-state index contributed by atoms with van der Waals surface area (Å²) in [6.45, 7) is 1.20. The maximum Gasteiger partial charge on any atom is 0.469 e. The van der Waals surface area contributed by atoms with E-state index in [2.05, 4.69) is 23.6 Å². The van der Waals surface area contributed by atoms with E-state index in [-0.39, 0.29) is 32.3 Å². The fourth-order valence-electron chi connectivity index (χ4n) is 3.86. The van der Waals surface area contributed by atoms with Gasteiger partial charge in [0.05, 0.1) is 12.7 Å². The number of aliphatic hydroxyl groups excluding tert-OH is 1. The van der Waals surface area contributed by atoms with Crippen LogP contribution in [-0.4, -0.2) is 58.5 Å². The minimum Gasteiger partial charge on any atom is -0.462 e. The van der Waals surface area contributed by atoms with Crippen molar-refractivity contribution in [3.05, 3.63) is 24.3 Å². The summed E-state index contributed by atoms with van der Waals surface area (Å²) in [5.74, 6) is -1.18. The lowest BCUT2D eigenvalue weighted by atomic mass is 10.1. The quantitative estimate of drug-likeness (QED) is 0.0264. The van der Waals surface area contributed by atoms with E-state index in [1.807, 2.05) is 0 Å². The SMILES string of the molecule is CCCCCCCC/C=C\CCCCCCCC(=O)OC[C@H](COP(=O)(O)O)OC(=O)CCCC(O)/C=C/C=O. The molecule has 0 saturated carbocycles. The molecule has 0 amide bonds. The minimum atomic E-state index is -4.81. The lowest BCUT2D eigenvalue weighted by Gasteiger charge is -2.18. The molecule has 0 aromatic heterocycles. The lowest BCUT2D eigenvalue weighted by molar-refractivity contribution is -0.161. The maximum absolute atomic E-state index is 12.1. The zero-order chi connectivity index (χ0) is 29.9. The molecule has 0 heterocycles. The lowest BCUT2D eigenvalue weighted by Crippen LogP contribution is -2.29. The van der Waals surface area contributed by atoms with Crippen molar-refractivity contribution in [2.75, 3.05) is 13.2 Å². The zero-order valence-electron chi connectivity index (χ0n) is 24.1. The molecule has 40 heavy (non-hydrogen) atoms. The first-order valence-corrected chi connectivity index (χ1v) is 16.2. The standard InChI is InChI=1S/C29H51O10P/c1-2-3-4-5-6-7-8-9-10-11-12-13-14-15-16-21-28(32)37-24-27(25-38-40(34,35)36)39-29(33)22-17-19-26(31)20-18-23-30/h9-10,18,20,23,26-27,31H,2-8,11-17,19,21-22,24-25H2,1H3,(H2,34,35,36)/b10-9-,20-18+/t26?,27-/m1/s1. The van der Waals surface area contributed by atoms with Crippen LogP contribution in [0.15, 0.2) is 24.3 Å². The number of carbonyl (C=O) groups excluding carboxylic acids is 3. The van der Waals surface area contributed by atoms with Gasteiger partial charge in [-0.2, -0.15) is 0 Å². The van der Waals surface area contributed by atoms with Gasteiger partial charge in [-0.1, -0.05) is 76.5 Å². The Balaban J connectivity index is 4.07. The van der Waals surface area contributed by atoms with Gasteiger partial charge in [0.15, 0.2) is 6.10 Å². The summed E-state index contributed by atoms with van der Waals surface area (Å²) in [7, 11) is -4.81. The van der Waals surface area contributed by atoms with Gasteiger partial charge in [-0.3, -0.25) is 18.9 Å². The van der Waals surface area contributed by atoms with Crippen LogP contribution in [0.25, 0.3) is 0 Å². The Kier molecular flexibility index (Phi) is 24.9. The van der Waals surface area contributed by atoms with Gasteiger partial charge in [0.1, 0.15) is 12.9 Å². The molecular formula is C29H51O10P. The summed E-state index contributed by atoms with van der Waals surface area (Å²) in [4.78, 5) is 52.3. The number of ether oxygens (including phenoxy) is 2. The highest BCUT2D eigenvalue weighted by Crippen LogP contribution is 2.35. The normalized spacial score (nSPS) is 13.5. The molecule has 0 radical (unpaired) electrons. The largest absolute Gasteiger partial charge is 0.469 e. The van der Waals surface area contributed by atoms with Gasteiger partial charge < -0.3 is 24.4 Å². The number of aldehydes is 1. The van der Waals surface area contributed by atoms with Crippen LogP contribution < -0.4 is 0 Å². The molecule has 0 saturated heterocycles. The van der Waals surface area contributed by atoms with E-state index < -0.39 is 38.6 Å².